The average Bonchev–Trinajstić information content (AvgIpc) is 2.02. The van der Waals surface area contributed by atoms with Gasteiger partial charge in [0.05, 0.1) is 9.26 Å². The minimum absolute atomic E-state index is 0.250. The van der Waals surface area contributed by atoms with Gasteiger partial charge in [-0.05, 0) is 51.5 Å². The summed E-state index contributed by atoms with van der Waals surface area (Å²) in [5.41, 5.74) is 0.857. The molecule has 3 nitrogen and oxygen atoms in total. The molecule has 0 aromatic carbocycles. The molecule has 72 valence electrons. The third-order valence-electron chi connectivity index (χ3n) is 1.39. The largest absolute Gasteiger partial charge is 0.465 e. The Labute approximate surface area is 99.1 Å². The lowest BCUT2D eigenvalue weighted by Gasteiger charge is -2.09. The Hall–Kier alpha value is 0.120. The second kappa shape index (κ2) is 5.11. The number of hydrogen-bond acceptors (Lipinski definition) is 3. The third kappa shape index (κ3) is 3.07. The fourth-order valence-electron chi connectivity index (χ4n) is 0.877. The van der Waals surface area contributed by atoms with E-state index in [0.29, 0.717) is 0 Å². The zero-order valence-electron chi connectivity index (χ0n) is 7.30. The van der Waals surface area contributed by atoms with Crippen LogP contribution in [0.2, 0.25) is 0 Å². The highest BCUT2D eigenvalue weighted by Crippen LogP contribution is 2.26. The van der Waals surface area contributed by atoms with Gasteiger partial charge >= 0.3 is 0 Å². The molecule has 0 amide bonds. The summed E-state index contributed by atoms with van der Waals surface area (Å²) >= 11 is 5.51. The van der Waals surface area contributed by atoms with Crippen LogP contribution in [-0.4, -0.2) is 18.9 Å². The molecular weight excluding hydrogens is 349 g/mol. The highest BCUT2D eigenvalue weighted by atomic mass is 127. The van der Waals surface area contributed by atoms with Crippen molar-refractivity contribution in [1.29, 1.82) is 0 Å². The van der Waals surface area contributed by atoms with Gasteiger partial charge in [0.2, 0.25) is 0 Å². The van der Waals surface area contributed by atoms with Crippen LogP contribution in [0.1, 0.15) is 5.69 Å². The van der Waals surface area contributed by atoms with Crippen molar-refractivity contribution in [2.24, 2.45) is 0 Å². The fourth-order valence-corrected chi connectivity index (χ4v) is 2.64. The molecule has 0 radical (unpaired) electrons. The Morgan fingerprint density at radius 1 is 1.62 bits per heavy atom. The number of hydrogen-bond donors (Lipinski definition) is 0. The van der Waals surface area contributed by atoms with Crippen molar-refractivity contribution < 1.29 is 9.47 Å². The van der Waals surface area contributed by atoms with Crippen LogP contribution in [0.5, 0.6) is 5.75 Å². The molecular formula is C8H9BrINO2. The summed E-state index contributed by atoms with van der Waals surface area (Å²) in [5.74, 6) is 0.783. The van der Waals surface area contributed by atoms with Crippen molar-refractivity contribution in [2.45, 2.75) is 6.92 Å². The Morgan fingerprint density at radius 3 is 2.85 bits per heavy atom. The number of aromatic nitrogens is 1. The molecule has 0 N–H and O–H groups in total. The van der Waals surface area contributed by atoms with Crippen molar-refractivity contribution in [3.05, 3.63) is 19.9 Å². The molecule has 0 aliphatic carbocycles. The lowest BCUT2D eigenvalue weighted by atomic mass is 10.3. The van der Waals surface area contributed by atoms with E-state index in [1.807, 2.05) is 13.0 Å². The zero-order chi connectivity index (χ0) is 9.84. The lowest BCUT2D eigenvalue weighted by molar-refractivity contribution is 0.0496. The summed E-state index contributed by atoms with van der Waals surface area (Å²) in [7, 11) is 1.59. The van der Waals surface area contributed by atoms with Crippen LogP contribution in [-0.2, 0) is 4.74 Å². The third-order valence-corrected chi connectivity index (χ3v) is 2.59. The Balaban J connectivity index is 2.92. The van der Waals surface area contributed by atoms with E-state index in [9.17, 15) is 0 Å². The van der Waals surface area contributed by atoms with Gasteiger partial charge < -0.3 is 9.47 Å². The molecule has 0 fully saturated rings. The van der Waals surface area contributed by atoms with Crippen LogP contribution in [0.25, 0.3) is 0 Å². The van der Waals surface area contributed by atoms with Crippen molar-refractivity contribution in [3.63, 3.8) is 0 Å². The highest BCUT2D eigenvalue weighted by Gasteiger charge is 2.07. The molecule has 1 aromatic heterocycles. The predicted molar refractivity (Wildman–Crippen MR) is 61.9 cm³/mol. The monoisotopic (exact) mass is 357 g/mol. The number of pyridine rings is 1. The first-order valence-electron chi connectivity index (χ1n) is 3.59. The van der Waals surface area contributed by atoms with Gasteiger partial charge in [0.25, 0.3) is 0 Å². The van der Waals surface area contributed by atoms with Crippen LogP contribution in [0.3, 0.4) is 0 Å². The van der Waals surface area contributed by atoms with Crippen LogP contribution in [0.15, 0.2) is 10.7 Å². The number of nitrogens with zero attached hydrogens (tertiary/aromatic N) is 1. The summed E-state index contributed by atoms with van der Waals surface area (Å²) in [4.78, 5) is 4.22. The number of methoxy groups -OCH3 is 1. The second-order valence-electron chi connectivity index (χ2n) is 2.39. The first-order valence-corrected chi connectivity index (χ1v) is 5.46. The van der Waals surface area contributed by atoms with Gasteiger partial charge in [-0.3, -0.25) is 0 Å². The number of rotatable bonds is 3. The molecule has 0 unspecified atom stereocenters. The van der Waals surface area contributed by atoms with E-state index in [0.717, 1.165) is 19.6 Å². The van der Waals surface area contributed by atoms with E-state index >= 15 is 0 Å². The van der Waals surface area contributed by atoms with Gasteiger partial charge in [-0.1, -0.05) is 0 Å². The van der Waals surface area contributed by atoms with Crippen molar-refractivity contribution in [3.8, 4) is 5.75 Å². The zero-order valence-corrected chi connectivity index (χ0v) is 11.0. The van der Waals surface area contributed by atoms with Crippen LogP contribution >= 0.6 is 38.5 Å². The van der Waals surface area contributed by atoms with Gasteiger partial charge in [-0.15, -0.1) is 0 Å². The van der Waals surface area contributed by atoms with E-state index in [1.54, 1.807) is 7.11 Å². The Kier molecular flexibility index (Phi) is 4.40. The molecule has 0 spiro atoms. The molecule has 1 heterocycles. The topological polar surface area (TPSA) is 31.4 Å². The van der Waals surface area contributed by atoms with E-state index in [2.05, 4.69) is 43.5 Å². The Morgan fingerprint density at radius 2 is 2.31 bits per heavy atom. The fraction of sp³-hybridized carbons (Fsp3) is 0.375. The molecule has 0 saturated carbocycles. The van der Waals surface area contributed by atoms with Crippen LogP contribution in [0.4, 0.5) is 0 Å². The van der Waals surface area contributed by atoms with Crippen LogP contribution in [0, 0.1) is 10.5 Å². The minimum Gasteiger partial charge on any atom is -0.465 e. The smallest absolute Gasteiger partial charge is 0.188 e. The van der Waals surface area contributed by atoms with E-state index in [1.165, 1.54) is 0 Å². The molecule has 0 bridgehead atoms. The molecule has 1 rings (SSSR count). The summed E-state index contributed by atoms with van der Waals surface area (Å²) in [6.45, 7) is 2.15. The van der Waals surface area contributed by atoms with Gasteiger partial charge in [-0.25, -0.2) is 4.98 Å². The van der Waals surface area contributed by atoms with E-state index < -0.39 is 0 Å². The SMILES string of the molecule is COCOc1c(I)cc(Br)nc1C. The van der Waals surface area contributed by atoms with Crippen molar-refractivity contribution in [2.75, 3.05) is 13.9 Å². The van der Waals surface area contributed by atoms with E-state index in [4.69, 9.17) is 9.47 Å². The van der Waals surface area contributed by atoms with Gasteiger partial charge in [0, 0.05) is 7.11 Å². The summed E-state index contributed by atoms with van der Waals surface area (Å²) in [6.07, 6.45) is 0. The first-order chi connectivity index (χ1) is 6.15. The average molecular weight is 358 g/mol. The van der Waals surface area contributed by atoms with E-state index in [-0.39, 0.29) is 6.79 Å². The minimum atomic E-state index is 0.250. The standard InChI is InChI=1S/C8H9BrINO2/c1-5-8(13-4-12-2)6(10)3-7(9)11-5/h3H,4H2,1-2H3. The highest BCUT2D eigenvalue weighted by molar-refractivity contribution is 14.1. The molecule has 0 aliphatic heterocycles. The predicted octanol–water partition coefficient (Wildman–Crippen LogP) is 2.74. The maximum atomic E-state index is 5.36. The molecule has 5 heteroatoms. The first kappa shape index (κ1) is 11.2. The second-order valence-corrected chi connectivity index (χ2v) is 4.37. The maximum absolute atomic E-state index is 5.36. The Bertz CT molecular complexity index is 283. The molecule has 1 aromatic rings. The molecule has 0 aliphatic rings. The van der Waals surface area contributed by atoms with Gasteiger partial charge in [0.1, 0.15) is 4.60 Å². The number of halogens is 2. The van der Waals surface area contributed by atoms with Gasteiger partial charge in [-0.2, -0.15) is 0 Å². The quantitative estimate of drug-likeness (QED) is 0.473. The van der Waals surface area contributed by atoms with Crippen molar-refractivity contribution in [1.82, 2.24) is 4.98 Å². The van der Waals surface area contributed by atoms with Crippen LogP contribution < -0.4 is 4.74 Å². The normalized spacial score (nSPS) is 10.2. The summed E-state index contributed by atoms with van der Waals surface area (Å²) in [5, 5.41) is 0. The summed E-state index contributed by atoms with van der Waals surface area (Å²) in [6, 6.07) is 1.90. The molecule has 13 heavy (non-hydrogen) atoms. The van der Waals surface area contributed by atoms with Gasteiger partial charge in [0.15, 0.2) is 12.5 Å². The summed E-state index contributed by atoms with van der Waals surface area (Å²) < 4.78 is 12.0. The number of ether oxygens (including phenoxy) is 2. The molecule has 0 saturated heterocycles. The maximum Gasteiger partial charge on any atom is 0.188 e. The van der Waals surface area contributed by atoms with Crippen molar-refractivity contribution >= 4 is 38.5 Å². The lowest BCUT2D eigenvalue weighted by Crippen LogP contribution is -2.03. The number of aryl methyl sites for hydroxylation is 1. The molecule has 0 atom stereocenters.